The first-order chi connectivity index (χ1) is 10.6. The standard InChI is InChI=1S/C18H19NO3/c1-3-22-16(20)11-14-10-13-9-8-12-6-4-5-7-15(12)18(21)17(13)19(14)2/h4-7,10H,3,8-9,11H2,1-2H3. The minimum atomic E-state index is -0.258. The van der Waals surface area contributed by atoms with Crippen LogP contribution in [0.15, 0.2) is 30.3 Å². The number of benzene rings is 1. The van der Waals surface area contributed by atoms with Crippen molar-refractivity contribution < 1.29 is 14.3 Å². The maximum atomic E-state index is 12.8. The van der Waals surface area contributed by atoms with Gasteiger partial charge < -0.3 is 9.30 Å². The Morgan fingerprint density at radius 2 is 1.95 bits per heavy atom. The van der Waals surface area contributed by atoms with E-state index in [2.05, 4.69) is 0 Å². The van der Waals surface area contributed by atoms with Crippen LogP contribution in [0.1, 0.15) is 39.8 Å². The maximum Gasteiger partial charge on any atom is 0.311 e. The summed E-state index contributed by atoms with van der Waals surface area (Å²) in [7, 11) is 1.85. The van der Waals surface area contributed by atoms with E-state index >= 15 is 0 Å². The van der Waals surface area contributed by atoms with E-state index in [9.17, 15) is 9.59 Å². The van der Waals surface area contributed by atoms with E-state index in [4.69, 9.17) is 4.74 Å². The summed E-state index contributed by atoms with van der Waals surface area (Å²) in [5, 5.41) is 0. The van der Waals surface area contributed by atoms with Crippen LogP contribution in [0.5, 0.6) is 0 Å². The fourth-order valence-corrected chi connectivity index (χ4v) is 3.10. The Hall–Kier alpha value is -2.36. The molecule has 1 aromatic heterocycles. The molecule has 114 valence electrons. The molecular weight excluding hydrogens is 278 g/mol. The van der Waals surface area contributed by atoms with Gasteiger partial charge in [0.1, 0.15) is 0 Å². The quantitative estimate of drug-likeness (QED) is 0.818. The Kier molecular flexibility index (Phi) is 3.84. The molecular formula is C18H19NO3. The smallest absolute Gasteiger partial charge is 0.311 e. The van der Waals surface area contributed by atoms with Crippen molar-refractivity contribution in [2.45, 2.75) is 26.2 Å². The molecule has 1 aliphatic rings. The van der Waals surface area contributed by atoms with Crippen LogP contribution in [0.3, 0.4) is 0 Å². The molecule has 4 nitrogen and oxygen atoms in total. The normalized spacial score (nSPS) is 13.3. The van der Waals surface area contributed by atoms with Crippen LogP contribution in [0.4, 0.5) is 0 Å². The van der Waals surface area contributed by atoms with Crippen molar-refractivity contribution in [3.63, 3.8) is 0 Å². The van der Waals surface area contributed by atoms with E-state index in [0.717, 1.165) is 35.2 Å². The number of hydrogen-bond donors (Lipinski definition) is 0. The van der Waals surface area contributed by atoms with Gasteiger partial charge in [0.2, 0.25) is 5.78 Å². The molecule has 3 rings (SSSR count). The first-order valence-electron chi connectivity index (χ1n) is 7.57. The van der Waals surface area contributed by atoms with Crippen molar-refractivity contribution in [2.75, 3.05) is 6.61 Å². The molecule has 0 aliphatic heterocycles. The molecule has 22 heavy (non-hydrogen) atoms. The van der Waals surface area contributed by atoms with Gasteiger partial charge in [-0.15, -0.1) is 0 Å². The Bertz CT molecular complexity index is 743. The summed E-state index contributed by atoms with van der Waals surface area (Å²) in [6.07, 6.45) is 1.86. The van der Waals surface area contributed by atoms with Crippen LogP contribution >= 0.6 is 0 Å². The number of ether oxygens (including phenoxy) is 1. The number of hydrogen-bond acceptors (Lipinski definition) is 3. The lowest BCUT2D eigenvalue weighted by Gasteiger charge is -2.08. The minimum absolute atomic E-state index is 0.0423. The number of fused-ring (bicyclic) bond motifs is 2. The number of aromatic nitrogens is 1. The highest BCUT2D eigenvalue weighted by Gasteiger charge is 2.26. The maximum absolute atomic E-state index is 12.8. The van der Waals surface area contributed by atoms with Crippen LogP contribution in [0.2, 0.25) is 0 Å². The van der Waals surface area contributed by atoms with Gasteiger partial charge in [0.05, 0.1) is 18.7 Å². The first kappa shape index (κ1) is 14.6. The predicted molar refractivity (Wildman–Crippen MR) is 83.0 cm³/mol. The molecule has 2 aromatic rings. The van der Waals surface area contributed by atoms with Crippen LogP contribution in [-0.2, 0) is 35.8 Å². The SMILES string of the molecule is CCOC(=O)Cc1cc2c(n1C)C(=O)c1ccccc1CC2. The molecule has 0 saturated heterocycles. The number of esters is 1. The van der Waals surface area contributed by atoms with E-state index < -0.39 is 0 Å². The molecule has 0 saturated carbocycles. The highest BCUT2D eigenvalue weighted by molar-refractivity contribution is 6.10. The summed E-state index contributed by atoms with van der Waals surface area (Å²) >= 11 is 0. The zero-order valence-corrected chi connectivity index (χ0v) is 12.9. The van der Waals surface area contributed by atoms with Gasteiger partial charge in [-0.3, -0.25) is 9.59 Å². The first-order valence-corrected chi connectivity index (χ1v) is 7.57. The summed E-state index contributed by atoms with van der Waals surface area (Å²) in [6.45, 7) is 2.16. The van der Waals surface area contributed by atoms with E-state index in [1.165, 1.54) is 0 Å². The second-order valence-corrected chi connectivity index (χ2v) is 5.54. The number of carbonyl (C=O) groups excluding carboxylic acids is 2. The van der Waals surface area contributed by atoms with Gasteiger partial charge in [-0.25, -0.2) is 0 Å². The van der Waals surface area contributed by atoms with Gasteiger partial charge in [-0.2, -0.15) is 0 Å². The van der Waals surface area contributed by atoms with E-state index in [1.807, 2.05) is 41.9 Å². The molecule has 0 bridgehead atoms. The molecule has 0 atom stereocenters. The third-order valence-electron chi connectivity index (χ3n) is 4.18. The summed E-state index contributed by atoms with van der Waals surface area (Å²) < 4.78 is 6.85. The van der Waals surface area contributed by atoms with Crippen LogP contribution < -0.4 is 0 Å². The highest BCUT2D eigenvalue weighted by atomic mass is 16.5. The zero-order chi connectivity index (χ0) is 15.7. The number of aryl methyl sites for hydroxylation is 2. The zero-order valence-electron chi connectivity index (χ0n) is 12.9. The van der Waals surface area contributed by atoms with Crippen molar-refractivity contribution in [3.8, 4) is 0 Å². The summed E-state index contributed by atoms with van der Waals surface area (Å²) in [5.41, 5.74) is 4.41. The summed E-state index contributed by atoms with van der Waals surface area (Å²) in [6, 6.07) is 9.72. The van der Waals surface area contributed by atoms with Gasteiger partial charge in [0, 0.05) is 18.3 Å². The lowest BCUT2D eigenvalue weighted by Crippen LogP contribution is -2.14. The Labute approximate surface area is 129 Å². The van der Waals surface area contributed by atoms with E-state index in [0.29, 0.717) is 12.3 Å². The van der Waals surface area contributed by atoms with Crippen molar-refractivity contribution >= 4 is 11.8 Å². The predicted octanol–water partition coefficient (Wildman–Crippen LogP) is 2.46. The Balaban J connectivity index is 2.00. The average Bonchev–Trinajstić information content (AvgIpc) is 2.73. The van der Waals surface area contributed by atoms with Gasteiger partial charge in [-0.1, -0.05) is 24.3 Å². The van der Waals surface area contributed by atoms with Gasteiger partial charge in [0.15, 0.2) is 0 Å². The number of ketones is 1. The van der Waals surface area contributed by atoms with E-state index in [1.54, 1.807) is 6.92 Å². The summed E-state index contributed by atoms with van der Waals surface area (Å²) in [4.78, 5) is 24.5. The third kappa shape index (κ3) is 2.45. The van der Waals surface area contributed by atoms with Crippen LogP contribution in [0, 0.1) is 0 Å². The minimum Gasteiger partial charge on any atom is -0.466 e. The lowest BCUT2D eigenvalue weighted by molar-refractivity contribution is -0.142. The monoisotopic (exact) mass is 297 g/mol. The highest BCUT2D eigenvalue weighted by Crippen LogP contribution is 2.27. The van der Waals surface area contributed by atoms with Crippen LogP contribution in [0.25, 0.3) is 0 Å². The van der Waals surface area contributed by atoms with Crippen molar-refractivity contribution in [2.24, 2.45) is 7.05 Å². The molecule has 1 aliphatic carbocycles. The number of carbonyl (C=O) groups is 2. The molecule has 0 radical (unpaired) electrons. The van der Waals surface area contributed by atoms with Crippen LogP contribution in [-0.4, -0.2) is 22.9 Å². The van der Waals surface area contributed by atoms with Crippen molar-refractivity contribution in [3.05, 3.63) is 58.4 Å². The number of nitrogens with zero attached hydrogens (tertiary/aromatic N) is 1. The molecule has 0 amide bonds. The molecule has 1 aromatic carbocycles. The van der Waals surface area contributed by atoms with Gasteiger partial charge >= 0.3 is 5.97 Å². The third-order valence-corrected chi connectivity index (χ3v) is 4.18. The van der Waals surface area contributed by atoms with Gasteiger partial charge in [-0.05, 0) is 37.0 Å². The second-order valence-electron chi connectivity index (χ2n) is 5.54. The average molecular weight is 297 g/mol. The molecule has 4 heteroatoms. The Morgan fingerprint density at radius 1 is 1.23 bits per heavy atom. The molecule has 0 N–H and O–H groups in total. The fourth-order valence-electron chi connectivity index (χ4n) is 3.10. The van der Waals surface area contributed by atoms with Crippen molar-refractivity contribution in [1.29, 1.82) is 0 Å². The van der Waals surface area contributed by atoms with Gasteiger partial charge in [0.25, 0.3) is 0 Å². The molecule has 0 fully saturated rings. The Morgan fingerprint density at radius 3 is 2.73 bits per heavy atom. The molecule has 0 unspecified atom stereocenters. The lowest BCUT2D eigenvalue weighted by atomic mass is 10.0. The largest absolute Gasteiger partial charge is 0.466 e. The molecule has 0 spiro atoms. The number of rotatable bonds is 3. The van der Waals surface area contributed by atoms with Crippen molar-refractivity contribution in [1.82, 2.24) is 4.57 Å². The summed E-state index contributed by atoms with van der Waals surface area (Å²) in [5.74, 6) is -0.216. The van der Waals surface area contributed by atoms with E-state index in [-0.39, 0.29) is 18.2 Å². The fraction of sp³-hybridized carbons (Fsp3) is 0.333. The molecule has 1 heterocycles. The second kappa shape index (κ2) is 5.79. The topological polar surface area (TPSA) is 48.3 Å².